The second-order valence-corrected chi connectivity index (χ2v) is 18.3. The van der Waals surface area contributed by atoms with Crippen molar-refractivity contribution in [2.45, 2.75) is 164 Å². The van der Waals surface area contributed by atoms with Gasteiger partial charge in [-0.3, -0.25) is 9.59 Å². The number of ether oxygens (including phenoxy) is 2. The van der Waals surface area contributed by atoms with E-state index in [-0.39, 0.29) is 57.8 Å². The highest BCUT2D eigenvalue weighted by molar-refractivity contribution is 5.72. The Kier molecular flexibility index (Phi) is 8.62. The van der Waals surface area contributed by atoms with Crippen LogP contribution in [0.15, 0.2) is 0 Å². The van der Waals surface area contributed by atoms with Crippen LogP contribution in [-0.2, 0) is 19.1 Å². The van der Waals surface area contributed by atoms with E-state index in [0.29, 0.717) is 47.8 Å². The Morgan fingerprint density at radius 1 is 0.818 bits per heavy atom. The number of aliphatic hydroxyl groups excluding tert-OH is 1. The molecule has 14 unspecified atom stereocenters. The maximum absolute atomic E-state index is 13.2. The third-order valence-electron chi connectivity index (χ3n) is 16.5. The van der Waals surface area contributed by atoms with Crippen LogP contribution in [0.25, 0.3) is 0 Å². The number of carbonyl (C=O) groups is 2. The first-order valence-electron chi connectivity index (χ1n) is 18.7. The van der Waals surface area contributed by atoms with Gasteiger partial charge >= 0.3 is 11.9 Å². The van der Waals surface area contributed by atoms with E-state index < -0.39 is 0 Å². The van der Waals surface area contributed by atoms with Gasteiger partial charge in [-0.15, -0.1) is 0 Å². The van der Waals surface area contributed by atoms with Gasteiger partial charge in [-0.25, -0.2) is 0 Å². The van der Waals surface area contributed by atoms with Gasteiger partial charge in [0.15, 0.2) is 0 Å². The highest BCUT2D eigenvalue weighted by atomic mass is 16.5. The van der Waals surface area contributed by atoms with Crippen molar-refractivity contribution in [1.29, 1.82) is 0 Å². The largest absolute Gasteiger partial charge is 0.462 e. The van der Waals surface area contributed by atoms with E-state index in [1.165, 1.54) is 38.5 Å². The predicted octanol–water partition coefficient (Wildman–Crippen LogP) is 8.75. The van der Waals surface area contributed by atoms with Crippen LogP contribution in [0, 0.1) is 69.0 Å². The summed E-state index contributed by atoms with van der Waals surface area (Å²) < 4.78 is 12.2. The Balaban J connectivity index is 1.06. The molecule has 0 aromatic carbocycles. The van der Waals surface area contributed by atoms with Crippen LogP contribution in [0.4, 0.5) is 0 Å². The first-order chi connectivity index (χ1) is 20.7. The van der Waals surface area contributed by atoms with Crippen LogP contribution < -0.4 is 0 Å². The van der Waals surface area contributed by atoms with E-state index in [2.05, 4.69) is 41.5 Å². The van der Waals surface area contributed by atoms with Gasteiger partial charge < -0.3 is 14.6 Å². The minimum atomic E-state index is -0.261. The number of carbonyl (C=O) groups excluding carboxylic acids is 2. The van der Waals surface area contributed by atoms with Gasteiger partial charge in [0.25, 0.3) is 0 Å². The first kappa shape index (κ1) is 32.8. The summed E-state index contributed by atoms with van der Waals surface area (Å²) in [6.07, 6.45) is 14.3. The molecule has 44 heavy (non-hydrogen) atoms. The lowest BCUT2D eigenvalue weighted by molar-refractivity contribution is -0.184. The summed E-state index contributed by atoms with van der Waals surface area (Å²) in [7, 11) is 0. The monoisotopic (exact) mass is 612 g/mol. The quantitative estimate of drug-likeness (QED) is 0.278. The van der Waals surface area contributed by atoms with Crippen molar-refractivity contribution in [3.8, 4) is 0 Å². The summed E-state index contributed by atoms with van der Waals surface area (Å²) in [4.78, 5) is 25.7. The zero-order valence-corrected chi connectivity index (χ0v) is 29.3. The number of fused-ring (bicyclic) bond motifs is 7. The molecular formula is C39H64O5. The van der Waals surface area contributed by atoms with Gasteiger partial charge in [0.2, 0.25) is 0 Å². The fourth-order valence-electron chi connectivity index (χ4n) is 12.8. The average molecular weight is 613 g/mol. The van der Waals surface area contributed by atoms with E-state index in [1.54, 1.807) is 0 Å². The zero-order valence-electron chi connectivity index (χ0n) is 29.3. The summed E-state index contributed by atoms with van der Waals surface area (Å²) in [5.74, 6) is 3.62. The molecule has 0 radical (unpaired) electrons. The van der Waals surface area contributed by atoms with Crippen LogP contribution in [0.1, 0.15) is 145 Å². The fourth-order valence-corrected chi connectivity index (χ4v) is 12.8. The minimum Gasteiger partial charge on any atom is -0.462 e. The van der Waals surface area contributed by atoms with Crippen molar-refractivity contribution in [3.05, 3.63) is 0 Å². The second kappa shape index (κ2) is 11.6. The summed E-state index contributed by atoms with van der Waals surface area (Å²) in [5, 5.41) is 11.8. The summed E-state index contributed by atoms with van der Waals surface area (Å²) in [5.41, 5.74) is 0.845. The molecule has 0 aromatic heterocycles. The molecule has 0 aromatic rings. The molecule has 0 heterocycles. The Morgan fingerprint density at radius 3 is 2.18 bits per heavy atom. The molecule has 5 heteroatoms. The van der Waals surface area contributed by atoms with Crippen LogP contribution in [0.3, 0.4) is 0 Å². The maximum atomic E-state index is 13.2. The topological polar surface area (TPSA) is 72.8 Å². The van der Waals surface area contributed by atoms with Crippen molar-refractivity contribution in [1.82, 2.24) is 0 Å². The van der Waals surface area contributed by atoms with Gasteiger partial charge in [-0.2, -0.15) is 0 Å². The lowest BCUT2D eigenvalue weighted by atomic mass is 9.43. The Bertz CT molecular complexity index is 1100. The zero-order chi connectivity index (χ0) is 31.8. The van der Waals surface area contributed by atoms with Crippen LogP contribution >= 0.6 is 0 Å². The number of esters is 2. The molecule has 6 fully saturated rings. The number of aliphatic hydroxyl groups is 1. The molecule has 250 valence electrons. The van der Waals surface area contributed by atoms with Gasteiger partial charge in [-0.1, -0.05) is 55.4 Å². The molecule has 0 aliphatic heterocycles. The van der Waals surface area contributed by atoms with Crippen molar-refractivity contribution in [2.75, 3.05) is 0 Å². The molecule has 1 N–H and O–H groups in total. The first-order valence-corrected chi connectivity index (χ1v) is 18.7. The van der Waals surface area contributed by atoms with Crippen molar-refractivity contribution in [3.63, 3.8) is 0 Å². The lowest BCUT2D eigenvalue weighted by Gasteiger charge is -2.62. The number of hydrogen-bond acceptors (Lipinski definition) is 5. The third-order valence-corrected chi connectivity index (χ3v) is 16.5. The second-order valence-electron chi connectivity index (χ2n) is 18.3. The number of rotatable bonds is 8. The Hall–Kier alpha value is -1.10. The molecule has 0 spiro atoms. The third kappa shape index (κ3) is 5.02. The van der Waals surface area contributed by atoms with Gasteiger partial charge in [0.1, 0.15) is 12.2 Å². The van der Waals surface area contributed by atoms with Crippen LogP contribution in [0.2, 0.25) is 0 Å². The van der Waals surface area contributed by atoms with E-state index in [9.17, 15) is 14.7 Å². The predicted molar refractivity (Wildman–Crippen MR) is 173 cm³/mol. The van der Waals surface area contributed by atoms with E-state index >= 15 is 0 Å². The van der Waals surface area contributed by atoms with E-state index in [1.807, 2.05) is 13.8 Å². The van der Waals surface area contributed by atoms with Gasteiger partial charge in [0, 0.05) is 11.8 Å². The molecular weight excluding hydrogens is 548 g/mol. The van der Waals surface area contributed by atoms with Gasteiger partial charge in [-0.05, 0) is 141 Å². The highest BCUT2D eigenvalue weighted by Gasteiger charge is 2.64. The number of hydrogen-bond donors (Lipinski definition) is 1. The minimum absolute atomic E-state index is 0.00810. The fraction of sp³-hybridized carbons (Fsp3) is 0.949. The smallest absolute Gasteiger partial charge is 0.308 e. The molecule has 6 rings (SSSR count). The highest BCUT2D eigenvalue weighted by Crippen LogP contribution is 2.69. The Labute approximate surface area is 268 Å². The summed E-state index contributed by atoms with van der Waals surface area (Å²) in [6, 6.07) is 0. The molecule has 2 bridgehead atoms. The molecule has 6 saturated carbocycles. The van der Waals surface area contributed by atoms with Crippen LogP contribution in [0.5, 0.6) is 0 Å². The molecule has 5 nitrogen and oxygen atoms in total. The molecule has 6 aliphatic carbocycles. The lowest BCUT2D eigenvalue weighted by Crippen LogP contribution is -2.58. The maximum Gasteiger partial charge on any atom is 0.308 e. The SMILES string of the molecule is CCC(C)C(=O)OC1CCC2(C)C(C1)CC(O)C1C2CCC2(C)C(C(C)CCC(=O)OC3CC4CCC3(C)C4(C)C)CCC12. The van der Waals surface area contributed by atoms with E-state index in [0.717, 1.165) is 44.9 Å². The summed E-state index contributed by atoms with van der Waals surface area (Å²) in [6.45, 7) is 18.6. The van der Waals surface area contributed by atoms with E-state index in [4.69, 9.17) is 9.47 Å². The molecule has 0 saturated heterocycles. The molecule has 0 amide bonds. The van der Waals surface area contributed by atoms with Crippen LogP contribution in [-0.4, -0.2) is 35.4 Å². The summed E-state index contributed by atoms with van der Waals surface area (Å²) >= 11 is 0. The van der Waals surface area contributed by atoms with Gasteiger partial charge in [0.05, 0.1) is 12.0 Å². The molecule has 6 aliphatic rings. The standard InChI is InChI=1S/C39H64O5/c1-9-23(2)35(42)43-27-15-17-37(6)26(20-27)21-31(40)34-29-12-11-28(38(29,7)18-16-30(34)37)24(3)10-13-33(41)44-32-22-25-14-19-39(32,8)36(25,4)5/h23-32,34,40H,9-22H2,1-8H3. The van der Waals surface area contributed by atoms with Crippen molar-refractivity contribution >= 4 is 11.9 Å². The normalized spacial score (nSPS) is 48.5. The average Bonchev–Trinajstić information content (AvgIpc) is 3.51. The van der Waals surface area contributed by atoms with Crippen molar-refractivity contribution < 1.29 is 24.2 Å². The Morgan fingerprint density at radius 2 is 1.52 bits per heavy atom. The molecule has 14 atom stereocenters. The van der Waals surface area contributed by atoms with Crippen molar-refractivity contribution in [2.24, 2.45) is 69.0 Å².